The molecule has 2 atom stereocenters. The van der Waals surface area contributed by atoms with Gasteiger partial charge < -0.3 is 20.1 Å². The highest BCUT2D eigenvalue weighted by Crippen LogP contribution is 2.28. The van der Waals surface area contributed by atoms with Crippen LogP contribution in [0.1, 0.15) is 51.9 Å². The Kier molecular flexibility index (Phi) is 12.9. The van der Waals surface area contributed by atoms with E-state index in [-0.39, 0.29) is 24.0 Å². The molecule has 2 fully saturated rings. The van der Waals surface area contributed by atoms with E-state index in [2.05, 4.69) is 22.5 Å². The summed E-state index contributed by atoms with van der Waals surface area (Å²) in [5.41, 5.74) is 0. The molecule has 0 radical (unpaired) electrons. The van der Waals surface area contributed by atoms with Crippen LogP contribution in [-0.4, -0.2) is 52.5 Å². The van der Waals surface area contributed by atoms with Crippen LogP contribution in [0.15, 0.2) is 4.99 Å². The van der Waals surface area contributed by atoms with Crippen molar-refractivity contribution in [2.75, 3.05) is 46.6 Å². The summed E-state index contributed by atoms with van der Waals surface area (Å²) in [6, 6.07) is 0. The molecule has 0 aromatic rings. The van der Waals surface area contributed by atoms with E-state index in [1.807, 2.05) is 7.05 Å². The Balaban J connectivity index is 0.00000312. The largest absolute Gasteiger partial charge is 0.381 e. The van der Waals surface area contributed by atoms with Gasteiger partial charge in [-0.2, -0.15) is 0 Å². The van der Waals surface area contributed by atoms with E-state index in [0.29, 0.717) is 5.92 Å². The molecule has 1 aliphatic heterocycles. The Morgan fingerprint density at radius 1 is 1.12 bits per heavy atom. The van der Waals surface area contributed by atoms with Crippen LogP contribution in [0, 0.1) is 17.8 Å². The highest BCUT2D eigenvalue weighted by atomic mass is 127. The summed E-state index contributed by atoms with van der Waals surface area (Å²) in [5.74, 6) is 3.25. The third-order valence-corrected chi connectivity index (χ3v) is 5.50. The summed E-state index contributed by atoms with van der Waals surface area (Å²) in [6.07, 6.45) is 8.83. The molecule has 6 heteroatoms. The van der Waals surface area contributed by atoms with Gasteiger partial charge in [-0.1, -0.05) is 26.2 Å². The van der Waals surface area contributed by atoms with Crippen LogP contribution in [0.25, 0.3) is 0 Å². The van der Waals surface area contributed by atoms with Crippen LogP contribution in [0.3, 0.4) is 0 Å². The molecular weight excluding hydrogens is 429 g/mol. The number of halogens is 1. The lowest BCUT2D eigenvalue weighted by atomic mass is 9.80. The molecule has 25 heavy (non-hydrogen) atoms. The van der Waals surface area contributed by atoms with Crippen LogP contribution >= 0.6 is 24.0 Å². The van der Waals surface area contributed by atoms with E-state index >= 15 is 0 Å². The van der Waals surface area contributed by atoms with Gasteiger partial charge in [0.2, 0.25) is 0 Å². The fraction of sp³-hybridized carbons (Fsp3) is 0.947. The second-order valence-electron chi connectivity index (χ2n) is 7.39. The minimum atomic E-state index is 0. The molecule has 148 valence electrons. The number of guanidine groups is 1. The zero-order chi connectivity index (χ0) is 17.0. The van der Waals surface area contributed by atoms with Gasteiger partial charge >= 0.3 is 0 Å². The van der Waals surface area contributed by atoms with Gasteiger partial charge in [-0.05, 0) is 43.4 Å². The molecule has 2 unspecified atom stereocenters. The molecule has 0 aromatic heterocycles. The SMILES string of the molecule is CN=C(NCCCOCC1CCOCC1)NCC1CCCCC1C.I. The number of hydrogen-bond donors (Lipinski definition) is 2. The van der Waals surface area contributed by atoms with Crippen LogP contribution in [0.4, 0.5) is 0 Å². The van der Waals surface area contributed by atoms with Crippen molar-refractivity contribution in [2.24, 2.45) is 22.7 Å². The fourth-order valence-electron chi connectivity index (χ4n) is 3.69. The van der Waals surface area contributed by atoms with Gasteiger partial charge in [0.05, 0.1) is 0 Å². The van der Waals surface area contributed by atoms with Crippen LogP contribution in [-0.2, 0) is 9.47 Å². The smallest absolute Gasteiger partial charge is 0.190 e. The molecule has 2 aliphatic rings. The number of aliphatic imine (C=N–C) groups is 1. The maximum absolute atomic E-state index is 5.80. The van der Waals surface area contributed by atoms with Crippen molar-refractivity contribution in [1.29, 1.82) is 0 Å². The molecule has 1 aliphatic carbocycles. The summed E-state index contributed by atoms with van der Waals surface area (Å²) in [7, 11) is 1.85. The molecule has 0 bridgehead atoms. The Bertz CT molecular complexity index is 363. The number of rotatable bonds is 8. The third kappa shape index (κ3) is 9.43. The van der Waals surface area contributed by atoms with E-state index in [1.165, 1.54) is 25.7 Å². The summed E-state index contributed by atoms with van der Waals surface area (Å²) >= 11 is 0. The Hall–Kier alpha value is -0.0800. The van der Waals surface area contributed by atoms with Crippen molar-refractivity contribution >= 4 is 29.9 Å². The lowest BCUT2D eigenvalue weighted by molar-refractivity contribution is 0.0203. The molecule has 1 saturated carbocycles. The molecule has 1 heterocycles. The Labute approximate surface area is 171 Å². The molecule has 1 saturated heterocycles. The van der Waals surface area contributed by atoms with Crippen molar-refractivity contribution < 1.29 is 9.47 Å². The molecule has 0 amide bonds. The monoisotopic (exact) mass is 467 g/mol. The van der Waals surface area contributed by atoms with Gasteiger partial charge in [0, 0.05) is 46.6 Å². The first-order valence-corrected chi connectivity index (χ1v) is 9.89. The molecule has 5 nitrogen and oxygen atoms in total. The zero-order valence-electron chi connectivity index (χ0n) is 16.1. The summed E-state index contributed by atoms with van der Waals surface area (Å²) in [5, 5.41) is 6.90. The maximum Gasteiger partial charge on any atom is 0.190 e. The molecule has 2 rings (SSSR count). The summed E-state index contributed by atoms with van der Waals surface area (Å²) in [6.45, 7) is 7.84. The minimum Gasteiger partial charge on any atom is -0.381 e. The van der Waals surface area contributed by atoms with Crippen molar-refractivity contribution in [3.05, 3.63) is 0 Å². The molecule has 0 spiro atoms. The van der Waals surface area contributed by atoms with Gasteiger partial charge in [0.15, 0.2) is 5.96 Å². The number of nitrogens with zero attached hydrogens (tertiary/aromatic N) is 1. The lowest BCUT2D eigenvalue weighted by Crippen LogP contribution is -2.41. The summed E-state index contributed by atoms with van der Waals surface area (Å²) in [4.78, 5) is 4.33. The van der Waals surface area contributed by atoms with Crippen molar-refractivity contribution in [1.82, 2.24) is 10.6 Å². The van der Waals surface area contributed by atoms with Crippen LogP contribution < -0.4 is 10.6 Å². The van der Waals surface area contributed by atoms with Gasteiger partial charge in [0.1, 0.15) is 0 Å². The van der Waals surface area contributed by atoms with E-state index in [1.54, 1.807) is 0 Å². The number of hydrogen-bond acceptors (Lipinski definition) is 3. The Morgan fingerprint density at radius 2 is 1.88 bits per heavy atom. The average molecular weight is 467 g/mol. The lowest BCUT2D eigenvalue weighted by Gasteiger charge is -2.29. The molecule has 2 N–H and O–H groups in total. The second kappa shape index (κ2) is 14.0. The first-order valence-electron chi connectivity index (χ1n) is 9.89. The second-order valence-corrected chi connectivity index (χ2v) is 7.39. The highest BCUT2D eigenvalue weighted by molar-refractivity contribution is 14.0. The minimum absolute atomic E-state index is 0. The van der Waals surface area contributed by atoms with Gasteiger partial charge in [0.25, 0.3) is 0 Å². The highest BCUT2D eigenvalue weighted by Gasteiger charge is 2.21. The van der Waals surface area contributed by atoms with Crippen molar-refractivity contribution in [3.8, 4) is 0 Å². The predicted octanol–water partition coefficient (Wildman–Crippen LogP) is 3.43. The first kappa shape index (κ1) is 23.0. The third-order valence-electron chi connectivity index (χ3n) is 5.50. The number of nitrogens with one attached hydrogen (secondary N) is 2. The maximum atomic E-state index is 5.80. The van der Waals surface area contributed by atoms with E-state index < -0.39 is 0 Å². The Morgan fingerprint density at radius 3 is 2.60 bits per heavy atom. The predicted molar refractivity (Wildman–Crippen MR) is 115 cm³/mol. The standard InChI is InChI=1S/C19H37N3O2.HI/c1-16-6-3-4-7-18(16)14-22-19(20-2)21-10-5-11-24-15-17-8-12-23-13-9-17;/h16-18H,3-15H2,1-2H3,(H2,20,21,22);1H. The topological polar surface area (TPSA) is 54.9 Å². The number of ether oxygens (including phenoxy) is 2. The van der Waals surface area contributed by atoms with Crippen molar-refractivity contribution in [2.45, 2.75) is 51.9 Å². The van der Waals surface area contributed by atoms with E-state index in [0.717, 1.165) is 76.6 Å². The van der Waals surface area contributed by atoms with Crippen LogP contribution in [0.2, 0.25) is 0 Å². The fourth-order valence-corrected chi connectivity index (χ4v) is 3.69. The normalized spacial score (nSPS) is 25.3. The molecule has 0 aromatic carbocycles. The van der Waals surface area contributed by atoms with E-state index in [9.17, 15) is 0 Å². The average Bonchev–Trinajstić information content (AvgIpc) is 2.62. The van der Waals surface area contributed by atoms with Crippen molar-refractivity contribution in [3.63, 3.8) is 0 Å². The van der Waals surface area contributed by atoms with Gasteiger partial charge in [-0.25, -0.2) is 0 Å². The first-order chi connectivity index (χ1) is 11.8. The van der Waals surface area contributed by atoms with Gasteiger partial charge in [-0.3, -0.25) is 4.99 Å². The van der Waals surface area contributed by atoms with Crippen LogP contribution in [0.5, 0.6) is 0 Å². The molecular formula is C19H38IN3O2. The quantitative estimate of drug-likeness (QED) is 0.249. The van der Waals surface area contributed by atoms with Gasteiger partial charge in [-0.15, -0.1) is 24.0 Å². The summed E-state index contributed by atoms with van der Waals surface area (Å²) < 4.78 is 11.2. The van der Waals surface area contributed by atoms with E-state index in [4.69, 9.17) is 9.47 Å². The zero-order valence-corrected chi connectivity index (χ0v) is 18.4.